The van der Waals surface area contributed by atoms with E-state index in [0.717, 1.165) is 19.3 Å². The van der Waals surface area contributed by atoms with Crippen LogP contribution >= 0.6 is 0 Å². The lowest BCUT2D eigenvalue weighted by Gasteiger charge is -2.62. The Balaban J connectivity index is 1.65. The summed E-state index contributed by atoms with van der Waals surface area (Å²) < 4.78 is 87.7. The quantitative estimate of drug-likeness (QED) is 0.250. The maximum atomic E-state index is 13.1. The molecule has 198 valence electrons. The first-order valence-corrected chi connectivity index (χ1v) is 12.4. The van der Waals surface area contributed by atoms with Crippen molar-refractivity contribution in [3.8, 4) is 0 Å². The molecule has 2 unspecified atom stereocenters. The number of halogens is 6. The molecule has 0 aliphatic heterocycles. The SMILES string of the molecule is C=C[C@H]1CC[C@H]2[C@@H]3CC(OC(=O)C(F)(F)F)C4CCCC[C@]4(C)[C@H]3CC[C@]12COC(=O)C(F)(F)F. The van der Waals surface area contributed by atoms with Crippen LogP contribution in [0.5, 0.6) is 0 Å². The van der Waals surface area contributed by atoms with E-state index in [2.05, 4.69) is 13.5 Å². The van der Waals surface area contributed by atoms with Crippen molar-refractivity contribution in [2.75, 3.05) is 6.61 Å². The number of ether oxygens (including phenoxy) is 2. The number of allylic oxidation sites excluding steroid dienone is 1. The van der Waals surface area contributed by atoms with E-state index in [9.17, 15) is 35.9 Å². The molecule has 0 heterocycles. The summed E-state index contributed by atoms with van der Waals surface area (Å²) in [5.41, 5.74) is -1.07. The van der Waals surface area contributed by atoms with E-state index >= 15 is 0 Å². The number of fused-ring (bicyclic) bond motifs is 5. The van der Waals surface area contributed by atoms with E-state index in [1.54, 1.807) is 6.08 Å². The molecule has 4 nitrogen and oxygen atoms in total. The van der Waals surface area contributed by atoms with Crippen LogP contribution in [0.3, 0.4) is 0 Å². The van der Waals surface area contributed by atoms with Crippen molar-refractivity contribution in [2.24, 2.45) is 40.4 Å². The lowest BCUT2D eigenvalue weighted by atomic mass is 9.44. The second kappa shape index (κ2) is 8.98. The Bertz CT molecular complexity index is 854. The van der Waals surface area contributed by atoms with Crippen LogP contribution < -0.4 is 0 Å². The molecule has 0 N–H and O–H groups in total. The highest BCUT2D eigenvalue weighted by molar-refractivity contribution is 5.76. The number of hydrogen-bond acceptors (Lipinski definition) is 4. The average Bonchev–Trinajstić information content (AvgIpc) is 3.15. The summed E-state index contributed by atoms with van der Waals surface area (Å²) in [5, 5.41) is 0. The standard InChI is InChI=1S/C25H32F6O4/c1-3-14-7-8-17-15-12-19(35-21(33)25(29,30)31)18-6-4-5-10-22(18,2)16(15)9-11-23(14,17)13-34-20(32)24(26,27)28/h3,14-19H,1,4-13H2,2H3/t14-,15+,16-,17-,18?,19?,22+,23-/m0/s1. The van der Waals surface area contributed by atoms with Gasteiger partial charge in [-0.2, -0.15) is 26.3 Å². The molecular formula is C25H32F6O4. The molecule has 4 rings (SSSR count). The van der Waals surface area contributed by atoms with Gasteiger partial charge in [0.1, 0.15) is 6.10 Å². The van der Waals surface area contributed by atoms with Crippen molar-refractivity contribution >= 4 is 11.9 Å². The van der Waals surface area contributed by atoms with Gasteiger partial charge < -0.3 is 9.47 Å². The molecule has 8 atom stereocenters. The maximum absolute atomic E-state index is 13.1. The molecule has 0 aromatic rings. The van der Waals surface area contributed by atoms with Crippen LogP contribution in [0, 0.1) is 40.4 Å². The first kappa shape index (κ1) is 26.3. The van der Waals surface area contributed by atoms with Gasteiger partial charge in [-0.3, -0.25) is 0 Å². The molecule has 4 aliphatic carbocycles. The number of carbonyl (C=O) groups excluding carboxylic acids is 2. The second-order valence-electron chi connectivity index (χ2n) is 11.2. The maximum Gasteiger partial charge on any atom is 0.490 e. The van der Waals surface area contributed by atoms with Crippen LogP contribution in [-0.2, 0) is 19.1 Å². The fourth-order valence-electron chi connectivity index (χ4n) is 8.43. The second-order valence-corrected chi connectivity index (χ2v) is 11.2. The fourth-order valence-corrected chi connectivity index (χ4v) is 8.43. The van der Waals surface area contributed by atoms with Crippen LogP contribution in [0.25, 0.3) is 0 Å². The third-order valence-corrected chi connectivity index (χ3v) is 9.83. The molecule has 4 fully saturated rings. The molecule has 4 aliphatic rings. The lowest BCUT2D eigenvalue weighted by molar-refractivity contribution is -0.226. The van der Waals surface area contributed by atoms with Crippen molar-refractivity contribution in [3.05, 3.63) is 12.7 Å². The van der Waals surface area contributed by atoms with Gasteiger partial charge in [0, 0.05) is 11.3 Å². The van der Waals surface area contributed by atoms with Crippen LogP contribution in [0.15, 0.2) is 12.7 Å². The molecule has 4 saturated carbocycles. The first-order valence-electron chi connectivity index (χ1n) is 12.4. The van der Waals surface area contributed by atoms with E-state index in [4.69, 9.17) is 9.47 Å². The Morgan fingerprint density at radius 1 is 0.914 bits per heavy atom. The Morgan fingerprint density at radius 2 is 1.60 bits per heavy atom. The van der Waals surface area contributed by atoms with Crippen molar-refractivity contribution in [1.82, 2.24) is 0 Å². The summed E-state index contributed by atoms with van der Waals surface area (Å²) in [6.45, 7) is 5.54. The van der Waals surface area contributed by atoms with E-state index in [0.29, 0.717) is 32.1 Å². The number of carbonyl (C=O) groups is 2. The highest BCUT2D eigenvalue weighted by Gasteiger charge is 2.64. The molecule has 0 saturated heterocycles. The highest BCUT2D eigenvalue weighted by Crippen LogP contribution is 2.68. The number of rotatable bonds is 4. The zero-order chi connectivity index (χ0) is 25.8. The molecule has 0 aromatic carbocycles. The summed E-state index contributed by atoms with van der Waals surface area (Å²) >= 11 is 0. The van der Waals surface area contributed by atoms with Gasteiger partial charge >= 0.3 is 24.3 Å². The largest absolute Gasteiger partial charge is 0.490 e. The molecule has 0 spiro atoms. The monoisotopic (exact) mass is 510 g/mol. The minimum absolute atomic E-state index is 0.135. The summed E-state index contributed by atoms with van der Waals surface area (Å²) in [6.07, 6.45) is -3.28. The highest BCUT2D eigenvalue weighted by atomic mass is 19.4. The summed E-state index contributed by atoms with van der Waals surface area (Å²) in [5.74, 6) is -4.90. The van der Waals surface area contributed by atoms with Crippen LogP contribution in [0.4, 0.5) is 26.3 Å². The topological polar surface area (TPSA) is 52.6 Å². The lowest BCUT2D eigenvalue weighted by Crippen LogP contribution is -2.59. The van der Waals surface area contributed by atoms with Gasteiger partial charge in [-0.15, -0.1) is 6.58 Å². The van der Waals surface area contributed by atoms with Crippen LogP contribution in [0.1, 0.15) is 64.7 Å². The molecule has 0 amide bonds. The smallest absolute Gasteiger partial charge is 0.458 e. The fraction of sp³-hybridized carbons (Fsp3) is 0.840. The van der Waals surface area contributed by atoms with Crippen LogP contribution in [0.2, 0.25) is 0 Å². The molecule has 35 heavy (non-hydrogen) atoms. The van der Waals surface area contributed by atoms with Crippen LogP contribution in [-0.4, -0.2) is 37.0 Å². The predicted molar refractivity (Wildman–Crippen MR) is 113 cm³/mol. The van der Waals surface area contributed by atoms with Crippen molar-refractivity contribution < 1.29 is 45.4 Å². The van der Waals surface area contributed by atoms with Crippen molar-refractivity contribution in [3.63, 3.8) is 0 Å². The zero-order valence-corrected chi connectivity index (χ0v) is 19.7. The molecule has 0 aromatic heterocycles. The Morgan fingerprint density at radius 3 is 2.23 bits per heavy atom. The summed E-state index contributed by atoms with van der Waals surface area (Å²) in [4.78, 5) is 23.3. The van der Waals surface area contributed by atoms with Crippen molar-refractivity contribution in [1.29, 1.82) is 0 Å². The van der Waals surface area contributed by atoms with E-state index in [1.807, 2.05) is 0 Å². The number of alkyl halides is 6. The minimum atomic E-state index is -5.10. The Labute approximate surface area is 200 Å². The molecule has 0 bridgehead atoms. The van der Waals surface area contributed by atoms with Gasteiger partial charge in [0.15, 0.2) is 0 Å². The van der Waals surface area contributed by atoms with Gasteiger partial charge in [-0.25, -0.2) is 9.59 Å². The van der Waals surface area contributed by atoms with Gasteiger partial charge in [-0.1, -0.05) is 25.8 Å². The summed E-state index contributed by atoms with van der Waals surface area (Å²) in [6, 6.07) is 0. The van der Waals surface area contributed by atoms with Gasteiger partial charge in [0.25, 0.3) is 0 Å². The average molecular weight is 511 g/mol. The number of hydrogen-bond donors (Lipinski definition) is 0. The van der Waals surface area contributed by atoms with E-state index in [-0.39, 0.29) is 41.4 Å². The normalized spacial score (nSPS) is 41.2. The minimum Gasteiger partial charge on any atom is -0.458 e. The van der Waals surface area contributed by atoms with Crippen molar-refractivity contribution in [2.45, 2.75) is 83.2 Å². The first-order chi connectivity index (χ1) is 16.2. The van der Waals surface area contributed by atoms with Gasteiger partial charge in [0.05, 0.1) is 6.61 Å². The summed E-state index contributed by atoms with van der Waals surface area (Å²) in [7, 11) is 0. The zero-order valence-electron chi connectivity index (χ0n) is 19.7. The molecule has 0 radical (unpaired) electrons. The van der Waals surface area contributed by atoms with Gasteiger partial charge in [0.2, 0.25) is 0 Å². The number of esters is 2. The Hall–Kier alpha value is -1.74. The third-order valence-electron chi connectivity index (χ3n) is 9.83. The van der Waals surface area contributed by atoms with E-state index in [1.165, 1.54) is 0 Å². The Kier molecular flexibility index (Phi) is 6.75. The third kappa shape index (κ3) is 4.47. The van der Waals surface area contributed by atoms with E-state index < -0.39 is 42.4 Å². The van der Waals surface area contributed by atoms with Gasteiger partial charge in [-0.05, 0) is 74.0 Å². The predicted octanol–water partition coefficient (Wildman–Crippen LogP) is 6.39. The molecule has 10 heteroatoms. The molecular weight excluding hydrogens is 478 g/mol.